The second kappa shape index (κ2) is 8.11. The number of nitrogen functional groups attached to an aromatic ring is 1. The van der Waals surface area contributed by atoms with Crippen LogP contribution in [-0.4, -0.2) is 44.0 Å². The average Bonchev–Trinajstić information content (AvgIpc) is 2.45. The number of nitrogens with one attached hydrogen (secondary N) is 1. The molecule has 5 nitrogen and oxygen atoms in total. The second-order valence-electron chi connectivity index (χ2n) is 4.25. The molecule has 0 spiro atoms. The van der Waals surface area contributed by atoms with E-state index in [1.165, 1.54) is 12.1 Å². The number of hydrogen-bond donors (Lipinski definition) is 2. The molecule has 20 heavy (non-hydrogen) atoms. The van der Waals surface area contributed by atoms with Crippen LogP contribution in [0.2, 0.25) is 0 Å². The molecular weight excluding hydrogens is 322 g/mol. The van der Waals surface area contributed by atoms with Crippen molar-refractivity contribution < 1.29 is 13.6 Å². The summed E-state index contributed by atoms with van der Waals surface area (Å²) in [6.07, 6.45) is 0. The normalized spacial score (nSPS) is 13.5. The number of benzene rings is 1. The molecule has 0 aliphatic rings. The van der Waals surface area contributed by atoms with Gasteiger partial charge in [-0.3, -0.25) is 4.79 Å². The molecule has 0 aliphatic heterocycles. The van der Waals surface area contributed by atoms with Gasteiger partial charge in [-0.25, -0.2) is 0 Å². The van der Waals surface area contributed by atoms with E-state index < -0.39 is 12.9 Å². The van der Waals surface area contributed by atoms with Gasteiger partial charge in [0, 0.05) is 29.3 Å². The summed E-state index contributed by atoms with van der Waals surface area (Å²) in [6.45, 7) is 7.05. The lowest BCUT2D eigenvalue weighted by Crippen LogP contribution is -2.34. The summed E-state index contributed by atoms with van der Waals surface area (Å²) < 4.78 is 27.0. The van der Waals surface area contributed by atoms with Crippen molar-refractivity contribution in [3.63, 3.8) is 0 Å². The fourth-order valence-corrected chi connectivity index (χ4v) is 2.14. The SMILES string of the molecule is [2H]C([2H])([2H])Oc1cc(N)c(Br)cc1C(=O)NCCN(CC)CC. The van der Waals surface area contributed by atoms with Crippen molar-refractivity contribution in [3.8, 4) is 5.75 Å². The Labute approximate surface area is 132 Å². The molecule has 0 saturated heterocycles. The lowest BCUT2D eigenvalue weighted by atomic mass is 10.1. The van der Waals surface area contributed by atoms with E-state index in [2.05, 4.69) is 26.1 Å². The minimum absolute atomic E-state index is 0.0639. The number of methoxy groups -OCH3 is 1. The van der Waals surface area contributed by atoms with Crippen molar-refractivity contribution in [2.24, 2.45) is 0 Å². The maximum Gasteiger partial charge on any atom is 0.255 e. The van der Waals surface area contributed by atoms with E-state index in [0.29, 0.717) is 23.2 Å². The zero-order chi connectivity index (χ0) is 17.6. The van der Waals surface area contributed by atoms with Gasteiger partial charge in [0.2, 0.25) is 0 Å². The first kappa shape index (κ1) is 12.5. The monoisotopic (exact) mass is 346 g/mol. The Kier molecular flexibility index (Phi) is 5.06. The van der Waals surface area contributed by atoms with Crippen molar-refractivity contribution in [1.82, 2.24) is 10.2 Å². The molecule has 0 aliphatic carbocycles. The lowest BCUT2D eigenvalue weighted by Gasteiger charge is -2.18. The molecule has 0 heterocycles. The van der Waals surface area contributed by atoms with Crippen LogP contribution in [0, 0.1) is 0 Å². The molecule has 1 aromatic carbocycles. The maximum atomic E-state index is 12.3. The number of likely N-dealkylation sites (N-methyl/N-ethyl adjacent to an activating group) is 1. The van der Waals surface area contributed by atoms with Gasteiger partial charge in [-0.05, 0) is 35.1 Å². The molecule has 1 rings (SSSR count). The lowest BCUT2D eigenvalue weighted by molar-refractivity contribution is 0.0946. The summed E-state index contributed by atoms with van der Waals surface area (Å²) in [5.41, 5.74) is 6.16. The van der Waals surface area contributed by atoms with E-state index in [9.17, 15) is 4.79 Å². The van der Waals surface area contributed by atoms with Crippen LogP contribution in [0.3, 0.4) is 0 Å². The van der Waals surface area contributed by atoms with E-state index in [0.717, 1.165) is 13.1 Å². The zero-order valence-electron chi connectivity index (χ0n) is 14.7. The highest BCUT2D eigenvalue weighted by Gasteiger charge is 2.14. The molecule has 6 heteroatoms. The number of nitrogens with zero attached hydrogens (tertiary/aromatic N) is 1. The number of amides is 1. The Hall–Kier alpha value is -1.27. The topological polar surface area (TPSA) is 67.6 Å². The van der Waals surface area contributed by atoms with Crippen molar-refractivity contribution in [1.29, 1.82) is 0 Å². The number of halogens is 1. The van der Waals surface area contributed by atoms with Crippen molar-refractivity contribution >= 4 is 27.5 Å². The van der Waals surface area contributed by atoms with Crippen LogP contribution < -0.4 is 15.8 Å². The van der Waals surface area contributed by atoms with Crippen molar-refractivity contribution in [2.45, 2.75) is 13.8 Å². The van der Waals surface area contributed by atoms with E-state index in [4.69, 9.17) is 14.6 Å². The number of anilines is 1. The predicted molar refractivity (Wildman–Crippen MR) is 85.2 cm³/mol. The molecular formula is C14H22BrN3O2. The standard InChI is InChI=1S/C14H22BrN3O2/c1-4-18(5-2)7-6-17-14(19)10-8-11(15)12(16)9-13(10)20-3/h8-9H,4-7,16H2,1-3H3,(H,17,19)/i3D3. The summed E-state index contributed by atoms with van der Waals surface area (Å²) >= 11 is 3.23. The minimum Gasteiger partial charge on any atom is -0.496 e. The molecule has 112 valence electrons. The van der Waals surface area contributed by atoms with Gasteiger partial charge >= 0.3 is 0 Å². The van der Waals surface area contributed by atoms with Crippen molar-refractivity contribution in [2.75, 3.05) is 39.0 Å². The van der Waals surface area contributed by atoms with Gasteiger partial charge in [0.15, 0.2) is 0 Å². The molecule has 1 aromatic rings. The first-order valence-electron chi connectivity index (χ1n) is 7.96. The van der Waals surface area contributed by atoms with Gasteiger partial charge in [-0.15, -0.1) is 0 Å². The quantitative estimate of drug-likeness (QED) is 0.742. The molecule has 3 N–H and O–H groups in total. The van der Waals surface area contributed by atoms with E-state index in [-0.39, 0.29) is 11.3 Å². The molecule has 1 amide bonds. The molecule has 0 saturated carbocycles. The first-order valence-corrected chi connectivity index (χ1v) is 7.25. The van der Waals surface area contributed by atoms with Crippen LogP contribution in [0.25, 0.3) is 0 Å². The molecule has 0 atom stereocenters. The van der Waals surface area contributed by atoms with Gasteiger partial charge in [-0.1, -0.05) is 13.8 Å². The van der Waals surface area contributed by atoms with Gasteiger partial charge in [-0.2, -0.15) is 0 Å². The van der Waals surface area contributed by atoms with Crippen molar-refractivity contribution in [3.05, 3.63) is 22.2 Å². The first-order chi connectivity index (χ1) is 10.7. The summed E-state index contributed by atoms with van der Waals surface area (Å²) in [5, 5.41) is 2.76. The molecule has 0 aromatic heterocycles. The van der Waals surface area contributed by atoms with Crippen LogP contribution in [0.15, 0.2) is 16.6 Å². The Morgan fingerprint density at radius 2 is 2.20 bits per heavy atom. The number of rotatable bonds is 7. The average molecular weight is 347 g/mol. The predicted octanol–water partition coefficient (Wildman–Crippen LogP) is 2.11. The minimum atomic E-state index is -2.66. The van der Waals surface area contributed by atoms with Crippen LogP contribution in [-0.2, 0) is 0 Å². The summed E-state index contributed by atoms with van der Waals surface area (Å²) in [5.74, 6) is -0.469. The van der Waals surface area contributed by atoms with E-state index in [1.807, 2.05) is 13.8 Å². The Balaban J connectivity index is 2.88. The highest BCUT2D eigenvalue weighted by atomic mass is 79.9. The Bertz CT molecular complexity index is 549. The third kappa shape index (κ3) is 4.38. The van der Waals surface area contributed by atoms with E-state index >= 15 is 0 Å². The number of carbonyl (C=O) groups excluding carboxylic acids is 1. The molecule has 0 unspecified atom stereocenters. The number of nitrogens with two attached hydrogens (primary N) is 1. The fourth-order valence-electron chi connectivity index (χ4n) is 1.79. The Morgan fingerprint density at radius 1 is 1.50 bits per heavy atom. The summed E-state index contributed by atoms with van der Waals surface area (Å²) in [6, 6.07) is 2.79. The molecule has 0 bridgehead atoms. The maximum absolute atomic E-state index is 12.3. The number of ether oxygens (including phenoxy) is 1. The van der Waals surface area contributed by atoms with Gasteiger partial charge in [0.05, 0.1) is 16.7 Å². The van der Waals surface area contributed by atoms with Gasteiger partial charge < -0.3 is 20.7 Å². The van der Waals surface area contributed by atoms with Crippen LogP contribution in [0.5, 0.6) is 5.75 Å². The van der Waals surface area contributed by atoms with Gasteiger partial charge in [0.1, 0.15) is 5.75 Å². The Morgan fingerprint density at radius 3 is 2.80 bits per heavy atom. The largest absolute Gasteiger partial charge is 0.496 e. The third-order valence-electron chi connectivity index (χ3n) is 3.06. The highest BCUT2D eigenvalue weighted by Crippen LogP contribution is 2.28. The number of carbonyl (C=O) groups is 1. The molecule has 0 fully saturated rings. The fraction of sp³-hybridized carbons (Fsp3) is 0.500. The van der Waals surface area contributed by atoms with Crippen LogP contribution >= 0.6 is 15.9 Å². The summed E-state index contributed by atoms with van der Waals surface area (Å²) in [4.78, 5) is 14.5. The van der Waals surface area contributed by atoms with Crippen LogP contribution in [0.4, 0.5) is 5.69 Å². The van der Waals surface area contributed by atoms with E-state index in [1.54, 1.807) is 0 Å². The zero-order valence-corrected chi connectivity index (χ0v) is 13.3. The summed E-state index contributed by atoms with van der Waals surface area (Å²) in [7, 11) is -2.66. The van der Waals surface area contributed by atoms with Gasteiger partial charge in [0.25, 0.3) is 5.91 Å². The third-order valence-corrected chi connectivity index (χ3v) is 3.75. The smallest absolute Gasteiger partial charge is 0.255 e. The second-order valence-corrected chi connectivity index (χ2v) is 5.11. The van der Waals surface area contributed by atoms with Crippen LogP contribution in [0.1, 0.15) is 28.3 Å². The number of hydrogen-bond acceptors (Lipinski definition) is 4. The highest BCUT2D eigenvalue weighted by molar-refractivity contribution is 9.10. The molecule has 0 radical (unpaired) electrons.